The van der Waals surface area contributed by atoms with E-state index in [0.29, 0.717) is 42.3 Å². The number of ether oxygens (including phenoxy) is 1. The molecule has 0 spiro atoms. The van der Waals surface area contributed by atoms with Gasteiger partial charge >= 0.3 is 0 Å². The first kappa shape index (κ1) is 21.2. The molecule has 0 saturated heterocycles. The van der Waals surface area contributed by atoms with Gasteiger partial charge < -0.3 is 4.74 Å². The lowest BCUT2D eigenvalue weighted by molar-refractivity contribution is -0.127. The SMILES string of the molecule is COCCCn1c(SCC(=O)N2CCC(c3ccccc3)=N2)nc2ncccc2c1=O. The van der Waals surface area contributed by atoms with Crippen molar-refractivity contribution in [1.82, 2.24) is 19.5 Å². The van der Waals surface area contributed by atoms with Crippen LogP contribution in [0, 0.1) is 0 Å². The lowest BCUT2D eigenvalue weighted by Crippen LogP contribution is -2.27. The van der Waals surface area contributed by atoms with Gasteiger partial charge in [0.05, 0.1) is 23.4 Å². The summed E-state index contributed by atoms with van der Waals surface area (Å²) < 4.78 is 6.71. The van der Waals surface area contributed by atoms with Gasteiger partial charge in [0.15, 0.2) is 10.8 Å². The van der Waals surface area contributed by atoms with Gasteiger partial charge in [0.25, 0.3) is 11.5 Å². The van der Waals surface area contributed by atoms with Crippen LogP contribution in [0.2, 0.25) is 0 Å². The van der Waals surface area contributed by atoms with E-state index >= 15 is 0 Å². The maximum atomic E-state index is 13.0. The van der Waals surface area contributed by atoms with Crippen LogP contribution < -0.4 is 5.56 Å². The standard InChI is InChI=1S/C22H23N5O3S/c1-30-14-6-12-26-21(29)17-9-5-11-23-20(17)24-22(26)31-15-19(28)27-13-10-18(25-27)16-7-3-2-4-8-16/h2-5,7-9,11H,6,10,12-15H2,1H3. The topological polar surface area (TPSA) is 89.7 Å². The second-order valence-electron chi connectivity index (χ2n) is 7.04. The van der Waals surface area contributed by atoms with Crippen molar-refractivity contribution in [3.05, 3.63) is 64.6 Å². The zero-order valence-electron chi connectivity index (χ0n) is 17.2. The number of rotatable bonds is 8. The Bertz CT molecular complexity index is 1160. The number of pyridine rings is 1. The van der Waals surface area contributed by atoms with Crippen LogP contribution in [-0.2, 0) is 16.1 Å². The van der Waals surface area contributed by atoms with Crippen LogP contribution in [0.5, 0.6) is 0 Å². The minimum atomic E-state index is -0.158. The lowest BCUT2D eigenvalue weighted by Gasteiger charge is -2.14. The summed E-state index contributed by atoms with van der Waals surface area (Å²) >= 11 is 1.24. The van der Waals surface area contributed by atoms with E-state index in [-0.39, 0.29) is 17.2 Å². The predicted octanol–water partition coefficient (Wildman–Crippen LogP) is 2.56. The van der Waals surface area contributed by atoms with Crippen molar-refractivity contribution in [2.75, 3.05) is 26.0 Å². The van der Waals surface area contributed by atoms with Gasteiger partial charge in [0.2, 0.25) is 0 Å². The summed E-state index contributed by atoms with van der Waals surface area (Å²) in [6.07, 6.45) is 3.00. The Morgan fingerprint density at radius 3 is 2.84 bits per heavy atom. The Morgan fingerprint density at radius 2 is 2.03 bits per heavy atom. The van der Waals surface area contributed by atoms with Crippen LogP contribution >= 0.6 is 11.8 Å². The van der Waals surface area contributed by atoms with E-state index in [2.05, 4.69) is 15.1 Å². The molecule has 0 radical (unpaired) electrons. The summed E-state index contributed by atoms with van der Waals surface area (Å²) in [6, 6.07) is 13.3. The number of fused-ring (bicyclic) bond motifs is 1. The third kappa shape index (κ3) is 4.83. The third-order valence-corrected chi connectivity index (χ3v) is 5.91. The fourth-order valence-corrected chi connectivity index (χ4v) is 4.26. The van der Waals surface area contributed by atoms with Crippen molar-refractivity contribution in [3.8, 4) is 0 Å². The van der Waals surface area contributed by atoms with Crippen LogP contribution in [0.4, 0.5) is 0 Å². The van der Waals surface area contributed by atoms with Crippen molar-refractivity contribution in [2.24, 2.45) is 5.10 Å². The number of aromatic nitrogens is 3. The number of hydrogen-bond acceptors (Lipinski definition) is 7. The molecule has 8 nitrogen and oxygen atoms in total. The van der Waals surface area contributed by atoms with Crippen LogP contribution in [0.15, 0.2) is 63.7 Å². The summed E-state index contributed by atoms with van der Waals surface area (Å²) in [4.78, 5) is 34.5. The quantitative estimate of drug-likeness (QED) is 0.306. The normalized spacial score (nSPS) is 13.6. The van der Waals surface area contributed by atoms with E-state index in [9.17, 15) is 9.59 Å². The maximum absolute atomic E-state index is 13.0. The predicted molar refractivity (Wildman–Crippen MR) is 120 cm³/mol. The number of hydrazone groups is 1. The molecule has 1 aromatic carbocycles. The molecule has 1 aliphatic rings. The molecule has 1 aliphatic heterocycles. The summed E-state index contributed by atoms with van der Waals surface area (Å²) in [5.41, 5.74) is 2.16. The molecular weight excluding hydrogens is 414 g/mol. The highest BCUT2D eigenvalue weighted by Gasteiger charge is 2.22. The number of benzene rings is 1. The van der Waals surface area contributed by atoms with Gasteiger partial charge in [0, 0.05) is 32.9 Å². The third-order valence-electron chi connectivity index (χ3n) is 4.95. The number of amides is 1. The highest BCUT2D eigenvalue weighted by atomic mass is 32.2. The van der Waals surface area contributed by atoms with E-state index in [1.807, 2.05) is 30.3 Å². The van der Waals surface area contributed by atoms with Crippen molar-refractivity contribution >= 4 is 34.4 Å². The van der Waals surface area contributed by atoms with Crippen LogP contribution in [0.3, 0.4) is 0 Å². The summed E-state index contributed by atoms with van der Waals surface area (Å²) in [7, 11) is 1.62. The summed E-state index contributed by atoms with van der Waals surface area (Å²) in [5.74, 6) is 0.0235. The van der Waals surface area contributed by atoms with Crippen molar-refractivity contribution < 1.29 is 9.53 Å². The molecule has 4 rings (SSSR count). The molecule has 0 fully saturated rings. The first-order valence-electron chi connectivity index (χ1n) is 10.1. The van der Waals surface area contributed by atoms with Crippen molar-refractivity contribution in [2.45, 2.75) is 24.5 Å². The van der Waals surface area contributed by atoms with Gasteiger partial charge in [-0.25, -0.2) is 15.0 Å². The van der Waals surface area contributed by atoms with Gasteiger partial charge in [-0.1, -0.05) is 42.1 Å². The van der Waals surface area contributed by atoms with Crippen molar-refractivity contribution in [1.29, 1.82) is 0 Å². The van der Waals surface area contributed by atoms with E-state index in [1.165, 1.54) is 16.8 Å². The number of carbonyl (C=O) groups is 1. The first-order chi connectivity index (χ1) is 15.2. The van der Waals surface area contributed by atoms with Gasteiger partial charge in [-0.3, -0.25) is 14.2 Å². The maximum Gasteiger partial charge on any atom is 0.263 e. The van der Waals surface area contributed by atoms with Gasteiger partial charge in [-0.05, 0) is 24.1 Å². The second kappa shape index (κ2) is 9.84. The molecular formula is C22H23N5O3S. The molecule has 0 unspecified atom stereocenters. The minimum Gasteiger partial charge on any atom is -0.385 e. The average Bonchev–Trinajstić information content (AvgIpc) is 3.30. The average molecular weight is 438 g/mol. The van der Waals surface area contributed by atoms with Gasteiger partial charge in [0.1, 0.15) is 0 Å². The van der Waals surface area contributed by atoms with Crippen LogP contribution in [0.25, 0.3) is 11.0 Å². The molecule has 0 aliphatic carbocycles. The molecule has 3 heterocycles. The van der Waals surface area contributed by atoms with E-state index in [0.717, 1.165) is 17.7 Å². The van der Waals surface area contributed by atoms with Crippen LogP contribution in [-0.4, -0.2) is 57.2 Å². The molecule has 0 bridgehead atoms. The van der Waals surface area contributed by atoms with E-state index in [1.54, 1.807) is 30.0 Å². The lowest BCUT2D eigenvalue weighted by atomic mass is 10.1. The Labute approximate surface area is 184 Å². The highest BCUT2D eigenvalue weighted by molar-refractivity contribution is 7.99. The Morgan fingerprint density at radius 1 is 1.19 bits per heavy atom. The number of nitrogens with zero attached hydrogens (tertiary/aromatic N) is 5. The monoisotopic (exact) mass is 437 g/mol. The minimum absolute atomic E-state index is 0.116. The molecule has 2 aromatic heterocycles. The molecule has 3 aromatic rings. The Kier molecular flexibility index (Phi) is 6.73. The van der Waals surface area contributed by atoms with Crippen molar-refractivity contribution in [3.63, 3.8) is 0 Å². The molecule has 9 heteroatoms. The largest absolute Gasteiger partial charge is 0.385 e. The van der Waals surface area contributed by atoms with E-state index < -0.39 is 0 Å². The zero-order chi connectivity index (χ0) is 21.6. The van der Waals surface area contributed by atoms with Crippen LogP contribution in [0.1, 0.15) is 18.4 Å². The molecule has 31 heavy (non-hydrogen) atoms. The molecule has 0 atom stereocenters. The molecule has 0 N–H and O–H groups in total. The fourth-order valence-electron chi connectivity index (χ4n) is 3.38. The Balaban J connectivity index is 1.51. The highest BCUT2D eigenvalue weighted by Crippen LogP contribution is 2.20. The second-order valence-corrected chi connectivity index (χ2v) is 7.98. The zero-order valence-corrected chi connectivity index (χ0v) is 18.0. The smallest absolute Gasteiger partial charge is 0.263 e. The number of methoxy groups -OCH3 is 1. The van der Waals surface area contributed by atoms with Gasteiger partial charge in [-0.2, -0.15) is 5.10 Å². The fraction of sp³-hybridized carbons (Fsp3) is 0.318. The first-order valence-corrected chi connectivity index (χ1v) is 11.1. The van der Waals surface area contributed by atoms with E-state index in [4.69, 9.17) is 4.74 Å². The number of hydrogen-bond donors (Lipinski definition) is 0. The summed E-state index contributed by atoms with van der Waals surface area (Å²) in [5, 5.41) is 6.94. The summed E-state index contributed by atoms with van der Waals surface area (Å²) in [6.45, 7) is 1.54. The molecule has 0 saturated carbocycles. The number of thioether (sulfide) groups is 1. The molecule has 160 valence electrons. The number of carbonyl (C=O) groups excluding carboxylic acids is 1. The Hall–Kier alpha value is -3.04. The molecule has 1 amide bonds. The van der Waals surface area contributed by atoms with Gasteiger partial charge in [-0.15, -0.1) is 0 Å².